The highest BCUT2D eigenvalue weighted by atomic mass is 32.2. The minimum Gasteiger partial charge on any atom is -0.307 e. The SMILES string of the molecule is CSCCN(C(=O)c1ccccc1F)c1ccc(S(=O)(=O)NC(=O)c2ccccc2F)cc1. The molecule has 3 aromatic carbocycles. The molecule has 0 radical (unpaired) electrons. The molecule has 10 heteroatoms. The zero-order valence-corrected chi connectivity index (χ0v) is 19.1. The summed E-state index contributed by atoms with van der Waals surface area (Å²) in [6.45, 7) is 0.268. The van der Waals surface area contributed by atoms with Crippen molar-refractivity contribution in [1.82, 2.24) is 4.72 Å². The smallest absolute Gasteiger partial charge is 0.267 e. The lowest BCUT2D eigenvalue weighted by Gasteiger charge is -2.23. The first kappa shape index (κ1) is 24.4. The van der Waals surface area contributed by atoms with Crippen molar-refractivity contribution in [2.75, 3.05) is 23.5 Å². The van der Waals surface area contributed by atoms with E-state index >= 15 is 0 Å². The van der Waals surface area contributed by atoms with Crippen molar-refractivity contribution < 1.29 is 26.8 Å². The van der Waals surface area contributed by atoms with Crippen molar-refractivity contribution in [3.05, 3.63) is 95.6 Å². The summed E-state index contributed by atoms with van der Waals surface area (Å²) in [4.78, 5) is 26.3. The van der Waals surface area contributed by atoms with Crippen LogP contribution in [0, 0.1) is 11.6 Å². The molecule has 2 amide bonds. The highest BCUT2D eigenvalue weighted by Gasteiger charge is 2.23. The van der Waals surface area contributed by atoms with Gasteiger partial charge in [0.25, 0.3) is 21.8 Å². The maximum Gasteiger partial charge on any atom is 0.267 e. The number of benzene rings is 3. The quantitative estimate of drug-likeness (QED) is 0.514. The maximum atomic E-state index is 14.1. The van der Waals surface area contributed by atoms with Gasteiger partial charge in [-0.1, -0.05) is 24.3 Å². The van der Waals surface area contributed by atoms with Crippen molar-refractivity contribution in [2.45, 2.75) is 4.90 Å². The molecule has 0 aromatic heterocycles. The molecule has 0 saturated heterocycles. The second-order valence-electron chi connectivity index (χ2n) is 6.84. The van der Waals surface area contributed by atoms with E-state index in [1.54, 1.807) is 6.07 Å². The number of hydrogen-bond donors (Lipinski definition) is 1. The van der Waals surface area contributed by atoms with Gasteiger partial charge >= 0.3 is 0 Å². The third-order valence-corrected chi connectivity index (χ3v) is 6.61. The number of rotatable bonds is 8. The molecule has 3 aromatic rings. The van der Waals surface area contributed by atoms with Crippen LogP contribution in [0.15, 0.2) is 77.7 Å². The molecule has 1 N–H and O–H groups in total. The number of thioether (sulfide) groups is 1. The van der Waals surface area contributed by atoms with Crippen molar-refractivity contribution in [1.29, 1.82) is 0 Å². The van der Waals surface area contributed by atoms with E-state index in [1.807, 2.05) is 11.0 Å². The van der Waals surface area contributed by atoms with Gasteiger partial charge in [0.15, 0.2) is 0 Å². The van der Waals surface area contributed by atoms with E-state index in [0.717, 1.165) is 6.07 Å². The molecule has 0 aliphatic rings. The average molecular weight is 491 g/mol. The topological polar surface area (TPSA) is 83.6 Å². The van der Waals surface area contributed by atoms with Crippen LogP contribution in [0.2, 0.25) is 0 Å². The van der Waals surface area contributed by atoms with Gasteiger partial charge in [0.2, 0.25) is 0 Å². The van der Waals surface area contributed by atoms with Crippen LogP contribution in [0.1, 0.15) is 20.7 Å². The number of hydrogen-bond acceptors (Lipinski definition) is 5. The van der Waals surface area contributed by atoms with Gasteiger partial charge in [-0.15, -0.1) is 0 Å². The van der Waals surface area contributed by atoms with Crippen molar-refractivity contribution in [2.24, 2.45) is 0 Å². The number of nitrogens with zero attached hydrogens (tertiary/aromatic N) is 1. The largest absolute Gasteiger partial charge is 0.307 e. The Morgan fingerprint density at radius 2 is 1.42 bits per heavy atom. The Bertz CT molecular complexity index is 1270. The van der Waals surface area contributed by atoms with Crippen LogP contribution in [-0.4, -0.2) is 38.8 Å². The van der Waals surface area contributed by atoms with Gasteiger partial charge in [0.1, 0.15) is 11.6 Å². The van der Waals surface area contributed by atoms with Crippen LogP contribution in [0.3, 0.4) is 0 Å². The first-order chi connectivity index (χ1) is 15.7. The first-order valence-corrected chi connectivity index (χ1v) is 12.6. The first-order valence-electron chi connectivity index (χ1n) is 9.71. The maximum absolute atomic E-state index is 14.1. The minimum atomic E-state index is -4.30. The lowest BCUT2D eigenvalue weighted by molar-refractivity contribution is 0.0972. The number of amides is 2. The summed E-state index contributed by atoms with van der Waals surface area (Å²) < 4.78 is 54.9. The van der Waals surface area contributed by atoms with Crippen LogP contribution in [0.4, 0.5) is 14.5 Å². The molecule has 0 aliphatic carbocycles. The fourth-order valence-electron chi connectivity index (χ4n) is 3.00. The summed E-state index contributed by atoms with van der Waals surface area (Å²) in [7, 11) is -4.30. The highest BCUT2D eigenvalue weighted by molar-refractivity contribution is 7.98. The number of carbonyl (C=O) groups excluding carboxylic acids is 2. The Labute approximate surface area is 194 Å². The van der Waals surface area contributed by atoms with Gasteiger partial charge in [-0.05, 0) is 54.8 Å². The lowest BCUT2D eigenvalue weighted by Crippen LogP contribution is -2.34. The summed E-state index contributed by atoms with van der Waals surface area (Å²) in [5.74, 6) is -2.61. The van der Waals surface area contributed by atoms with E-state index < -0.39 is 39.0 Å². The van der Waals surface area contributed by atoms with E-state index in [2.05, 4.69) is 0 Å². The third kappa shape index (κ3) is 5.77. The summed E-state index contributed by atoms with van der Waals surface area (Å²) in [6.07, 6.45) is 1.86. The number of sulfonamides is 1. The molecule has 0 bridgehead atoms. The molecule has 0 heterocycles. The van der Waals surface area contributed by atoms with Crippen LogP contribution in [0.5, 0.6) is 0 Å². The van der Waals surface area contributed by atoms with Gasteiger partial charge < -0.3 is 4.90 Å². The fraction of sp³-hybridized carbons (Fsp3) is 0.130. The van der Waals surface area contributed by atoms with Gasteiger partial charge in [0, 0.05) is 18.0 Å². The number of nitrogens with one attached hydrogen (secondary N) is 1. The number of carbonyl (C=O) groups is 2. The van der Waals surface area contributed by atoms with Crippen LogP contribution in [0.25, 0.3) is 0 Å². The lowest BCUT2D eigenvalue weighted by atomic mass is 10.1. The van der Waals surface area contributed by atoms with Gasteiger partial charge in [-0.25, -0.2) is 21.9 Å². The van der Waals surface area contributed by atoms with Crippen molar-refractivity contribution in [3.8, 4) is 0 Å². The van der Waals surface area contributed by atoms with Crippen LogP contribution >= 0.6 is 11.8 Å². The molecule has 0 spiro atoms. The van der Waals surface area contributed by atoms with Crippen molar-refractivity contribution in [3.63, 3.8) is 0 Å². The molecule has 0 unspecified atom stereocenters. The Morgan fingerprint density at radius 1 is 0.879 bits per heavy atom. The van der Waals surface area contributed by atoms with Crippen molar-refractivity contribution >= 4 is 39.3 Å². The monoisotopic (exact) mass is 490 g/mol. The van der Waals surface area contributed by atoms with Crippen LogP contribution in [-0.2, 0) is 10.0 Å². The van der Waals surface area contributed by atoms with Gasteiger partial charge in [-0.3, -0.25) is 9.59 Å². The fourth-order valence-corrected chi connectivity index (χ4v) is 4.33. The Balaban J connectivity index is 1.85. The molecule has 3 rings (SSSR count). The summed E-state index contributed by atoms with van der Waals surface area (Å²) in [6, 6.07) is 15.8. The van der Waals surface area contributed by atoms with Gasteiger partial charge in [0.05, 0.1) is 16.0 Å². The second kappa shape index (κ2) is 10.6. The predicted octanol–water partition coefficient (Wildman–Crippen LogP) is 4.09. The average Bonchev–Trinajstić information content (AvgIpc) is 2.80. The van der Waals surface area contributed by atoms with Crippen LogP contribution < -0.4 is 9.62 Å². The number of anilines is 1. The second-order valence-corrected chi connectivity index (χ2v) is 9.51. The predicted molar refractivity (Wildman–Crippen MR) is 124 cm³/mol. The molecule has 0 atom stereocenters. The Kier molecular flexibility index (Phi) is 7.83. The number of halogens is 2. The summed E-state index contributed by atoms with van der Waals surface area (Å²) >= 11 is 1.49. The molecular formula is C23H20F2N2O4S2. The van der Waals surface area contributed by atoms with E-state index in [4.69, 9.17) is 0 Å². The zero-order valence-electron chi connectivity index (χ0n) is 17.5. The summed E-state index contributed by atoms with van der Waals surface area (Å²) in [5, 5.41) is 0. The van der Waals surface area contributed by atoms with E-state index in [0.29, 0.717) is 11.4 Å². The highest BCUT2D eigenvalue weighted by Crippen LogP contribution is 2.22. The van der Waals surface area contributed by atoms with Gasteiger partial charge in [-0.2, -0.15) is 11.8 Å². The minimum absolute atomic E-state index is 0.104. The molecule has 0 aliphatic heterocycles. The zero-order chi connectivity index (χ0) is 24.0. The molecule has 0 fully saturated rings. The normalized spacial score (nSPS) is 11.1. The Hall–Kier alpha value is -3.24. The van der Waals surface area contributed by atoms with E-state index in [1.165, 1.54) is 77.3 Å². The molecule has 33 heavy (non-hydrogen) atoms. The third-order valence-electron chi connectivity index (χ3n) is 4.67. The molecule has 0 saturated carbocycles. The van der Waals surface area contributed by atoms with E-state index in [9.17, 15) is 26.8 Å². The molecule has 172 valence electrons. The Morgan fingerprint density at radius 3 is 1.97 bits per heavy atom. The standard InChI is InChI=1S/C23H20F2N2O4S2/c1-32-15-14-27(23(29)19-7-3-5-9-21(19)25)16-10-12-17(13-11-16)33(30,31)26-22(28)18-6-2-4-8-20(18)24/h2-13H,14-15H2,1H3,(H,26,28). The molecule has 6 nitrogen and oxygen atoms in total. The summed E-state index contributed by atoms with van der Waals surface area (Å²) in [5.41, 5.74) is -0.152. The molecular weight excluding hydrogens is 470 g/mol. The van der Waals surface area contributed by atoms with E-state index in [-0.39, 0.29) is 17.0 Å².